The molecule has 35 heavy (non-hydrogen) atoms. The second-order valence-electron chi connectivity index (χ2n) is 8.59. The van der Waals surface area contributed by atoms with Gasteiger partial charge in [0.2, 0.25) is 0 Å². The van der Waals surface area contributed by atoms with Crippen LogP contribution in [0.4, 0.5) is 26.3 Å². The van der Waals surface area contributed by atoms with Gasteiger partial charge in [0.25, 0.3) is 0 Å². The summed E-state index contributed by atoms with van der Waals surface area (Å²) in [5.41, 5.74) is -0.102. The minimum atomic E-state index is -4.60. The van der Waals surface area contributed by atoms with Gasteiger partial charge in [-0.05, 0) is 64.9 Å². The van der Waals surface area contributed by atoms with Crippen molar-refractivity contribution in [3.63, 3.8) is 0 Å². The zero-order valence-corrected chi connectivity index (χ0v) is 19.4. The summed E-state index contributed by atoms with van der Waals surface area (Å²) in [6, 6.07) is 11.7. The minimum absolute atomic E-state index is 0.0506. The molecule has 1 atom stereocenters. The van der Waals surface area contributed by atoms with E-state index in [-0.39, 0.29) is 16.5 Å². The Hall–Kier alpha value is -3.00. The lowest BCUT2D eigenvalue weighted by atomic mass is 9.85. The first-order valence-corrected chi connectivity index (χ1v) is 11.0. The summed E-state index contributed by atoms with van der Waals surface area (Å²) in [7, 11) is 0. The van der Waals surface area contributed by atoms with Gasteiger partial charge in [-0.2, -0.15) is 26.3 Å². The molecule has 0 amide bonds. The normalized spacial score (nSPS) is 13.2. The SMILES string of the molecule is CC(C)CC(C(=O)O)c1ccc(-c2ccc(C(F)(F)F)cc2Cl)c(-c2ccc(C(F)(F)F)cc2)c1. The third-order valence-corrected chi connectivity index (χ3v) is 5.87. The predicted octanol–water partition coefficient (Wildman–Crippen LogP) is 8.93. The third kappa shape index (κ3) is 6.17. The summed E-state index contributed by atoms with van der Waals surface area (Å²) in [4.78, 5) is 11.9. The zero-order chi connectivity index (χ0) is 26.1. The molecule has 0 fully saturated rings. The molecule has 0 bridgehead atoms. The van der Waals surface area contributed by atoms with Gasteiger partial charge >= 0.3 is 18.3 Å². The van der Waals surface area contributed by atoms with Gasteiger partial charge in [-0.15, -0.1) is 0 Å². The lowest BCUT2D eigenvalue weighted by Crippen LogP contribution is -2.14. The van der Waals surface area contributed by atoms with Crippen molar-refractivity contribution in [2.45, 2.75) is 38.5 Å². The lowest BCUT2D eigenvalue weighted by Gasteiger charge is -2.19. The van der Waals surface area contributed by atoms with Crippen molar-refractivity contribution in [3.05, 3.63) is 82.4 Å². The van der Waals surface area contributed by atoms with E-state index in [1.54, 1.807) is 12.1 Å². The van der Waals surface area contributed by atoms with Crippen LogP contribution in [0.1, 0.15) is 42.9 Å². The van der Waals surface area contributed by atoms with E-state index in [2.05, 4.69) is 0 Å². The summed E-state index contributed by atoms with van der Waals surface area (Å²) >= 11 is 6.19. The third-order valence-electron chi connectivity index (χ3n) is 5.56. The lowest BCUT2D eigenvalue weighted by molar-refractivity contribution is -0.139. The van der Waals surface area contributed by atoms with Crippen LogP contribution in [0.3, 0.4) is 0 Å². The summed E-state index contributed by atoms with van der Waals surface area (Å²) in [6.45, 7) is 3.73. The number of carboxylic acid groups (broad SMARTS) is 1. The molecule has 3 rings (SSSR count). The van der Waals surface area contributed by atoms with E-state index in [1.807, 2.05) is 13.8 Å². The molecule has 9 heteroatoms. The maximum atomic E-state index is 13.1. The van der Waals surface area contributed by atoms with E-state index in [0.29, 0.717) is 28.7 Å². The van der Waals surface area contributed by atoms with E-state index >= 15 is 0 Å². The molecule has 3 aromatic carbocycles. The summed E-state index contributed by atoms with van der Waals surface area (Å²) in [5, 5.41) is 9.55. The number of hydrogen-bond donors (Lipinski definition) is 1. The summed E-state index contributed by atoms with van der Waals surface area (Å²) in [5.74, 6) is -1.88. The Labute approximate surface area is 203 Å². The highest BCUT2D eigenvalue weighted by Gasteiger charge is 2.32. The van der Waals surface area contributed by atoms with E-state index in [4.69, 9.17) is 11.6 Å². The highest BCUT2D eigenvalue weighted by atomic mass is 35.5. The second kappa shape index (κ2) is 9.93. The van der Waals surface area contributed by atoms with E-state index in [9.17, 15) is 36.2 Å². The van der Waals surface area contributed by atoms with Crippen LogP contribution in [-0.2, 0) is 17.1 Å². The number of hydrogen-bond acceptors (Lipinski definition) is 1. The highest BCUT2D eigenvalue weighted by Crippen LogP contribution is 2.41. The molecule has 186 valence electrons. The average molecular weight is 515 g/mol. The first-order chi connectivity index (χ1) is 16.2. The Balaban J connectivity index is 2.22. The Bertz CT molecular complexity index is 1210. The largest absolute Gasteiger partial charge is 0.481 e. The summed E-state index contributed by atoms with van der Waals surface area (Å²) < 4.78 is 78.5. The molecule has 0 aliphatic carbocycles. The smallest absolute Gasteiger partial charge is 0.416 e. The maximum Gasteiger partial charge on any atom is 0.416 e. The number of alkyl halides is 6. The van der Waals surface area contributed by atoms with E-state index in [0.717, 1.165) is 24.3 Å². The van der Waals surface area contributed by atoms with Crippen LogP contribution < -0.4 is 0 Å². The minimum Gasteiger partial charge on any atom is -0.481 e. The number of carbonyl (C=O) groups is 1. The topological polar surface area (TPSA) is 37.3 Å². The number of rotatable bonds is 6. The van der Waals surface area contributed by atoms with Gasteiger partial charge in [0.05, 0.1) is 17.0 Å². The molecule has 1 unspecified atom stereocenters. The van der Waals surface area contributed by atoms with Gasteiger partial charge in [-0.3, -0.25) is 4.79 Å². The standard InChI is InChI=1S/C26H21ClF6O2/c1-14(2)11-22(24(34)35)16-5-9-19(20-10-8-18(13-23(20)27)26(31,32)33)21(12-16)15-3-6-17(7-4-15)25(28,29)30/h3-10,12-14,22H,11H2,1-2H3,(H,34,35). The first-order valence-electron chi connectivity index (χ1n) is 10.6. The number of benzene rings is 3. The molecule has 0 aliphatic heterocycles. The zero-order valence-electron chi connectivity index (χ0n) is 18.6. The Kier molecular flexibility index (Phi) is 7.55. The van der Waals surface area contributed by atoms with Crippen LogP contribution in [0.5, 0.6) is 0 Å². The van der Waals surface area contributed by atoms with Gasteiger partial charge in [0.1, 0.15) is 0 Å². The summed E-state index contributed by atoms with van der Waals surface area (Å²) in [6.07, 6.45) is -8.83. The maximum absolute atomic E-state index is 13.1. The molecule has 0 aliphatic rings. The fourth-order valence-corrected chi connectivity index (χ4v) is 4.13. The van der Waals surface area contributed by atoms with Crippen LogP contribution in [0, 0.1) is 5.92 Å². The van der Waals surface area contributed by atoms with E-state index < -0.39 is 35.4 Å². The Morgan fingerprint density at radius 3 is 1.83 bits per heavy atom. The van der Waals surface area contributed by atoms with E-state index in [1.165, 1.54) is 24.3 Å². The van der Waals surface area contributed by atoms with Crippen LogP contribution >= 0.6 is 11.6 Å². The Morgan fingerprint density at radius 2 is 1.34 bits per heavy atom. The first kappa shape index (κ1) is 26.6. The van der Waals surface area contributed by atoms with Gasteiger partial charge in [0, 0.05) is 10.6 Å². The van der Waals surface area contributed by atoms with Gasteiger partial charge in [-0.25, -0.2) is 0 Å². The molecule has 0 aromatic heterocycles. The number of aliphatic carboxylic acids is 1. The number of halogens is 7. The van der Waals surface area contributed by atoms with Crippen LogP contribution in [0.15, 0.2) is 60.7 Å². The van der Waals surface area contributed by atoms with Crippen molar-refractivity contribution in [3.8, 4) is 22.3 Å². The molecule has 0 radical (unpaired) electrons. The molecule has 1 N–H and O–H groups in total. The van der Waals surface area contributed by atoms with Crippen LogP contribution in [-0.4, -0.2) is 11.1 Å². The predicted molar refractivity (Wildman–Crippen MR) is 122 cm³/mol. The van der Waals surface area contributed by atoms with Crippen molar-refractivity contribution in [1.29, 1.82) is 0 Å². The molecule has 0 saturated heterocycles. The molecule has 2 nitrogen and oxygen atoms in total. The molecular formula is C26H21ClF6O2. The van der Waals surface area contributed by atoms with Crippen molar-refractivity contribution < 1.29 is 36.2 Å². The van der Waals surface area contributed by atoms with Gasteiger partial charge in [-0.1, -0.05) is 55.8 Å². The van der Waals surface area contributed by atoms with Gasteiger partial charge in [0.15, 0.2) is 0 Å². The highest BCUT2D eigenvalue weighted by molar-refractivity contribution is 6.33. The molecule has 0 spiro atoms. The van der Waals surface area contributed by atoms with Crippen LogP contribution in [0.2, 0.25) is 5.02 Å². The fourth-order valence-electron chi connectivity index (χ4n) is 3.85. The second-order valence-corrected chi connectivity index (χ2v) is 9.00. The van der Waals surface area contributed by atoms with Crippen molar-refractivity contribution >= 4 is 17.6 Å². The van der Waals surface area contributed by atoms with Crippen molar-refractivity contribution in [2.75, 3.05) is 0 Å². The monoisotopic (exact) mass is 514 g/mol. The number of carboxylic acids is 1. The molecule has 0 saturated carbocycles. The fraction of sp³-hybridized carbons (Fsp3) is 0.269. The quantitative estimate of drug-likeness (QED) is 0.333. The molecule has 0 heterocycles. The molecular weight excluding hydrogens is 494 g/mol. The van der Waals surface area contributed by atoms with Crippen molar-refractivity contribution in [1.82, 2.24) is 0 Å². The molecule has 3 aromatic rings. The van der Waals surface area contributed by atoms with Crippen molar-refractivity contribution in [2.24, 2.45) is 5.92 Å². The Morgan fingerprint density at radius 1 is 0.800 bits per heavy atom. The average Bonchev–Trinajstić information content (AvgIpc) is 2.76. The van der Waals surface area contributed by atoms with Gasteiger partial charge < -0.3 is 5.11 Å². The van der Waals surface area contributed by atoms with Crippen LogP contribution in [0.25, 0.3) is 22.3 Å².